The molecule has 2 aromatic carbocycles. The normalized spacial score (nSPS) is 11.1. The van der Waals surface area contributed by atoms with E-state index in [0.717, 1.165) is 22.6 Å². The van der Waals surface area contributed by atoms with Crippen LogP contribution in [0, 0.1) is 6.92 Å². The van der Waals surface area contributed by atoms with Crippen molar-refractivity contribution in [2.45, 2.75) is 6.92 Å². The molecule has 0 aliphatic carbocycles. The Hall–Kier alpha value is -2.23. The Kier molecular flexibility index (Phi) is 5.48. The Morgan fingerprint density at radius 2 is 1.78 bits per heavy atom. The summed E-state index contributed by atoms with van der Waals surface area (Å²) in [4.78, 5) is 4.39. The highest BCUT2D eigenvalue weighted by Crippen LogP contribution is 2.24. The standard InChI is InChI=1S/C18H15ClN2O.ClH/c1-12-3-2-4-15(11-12)21-18(20)17-10-9-16(22-17)13-5-7-14(19)8-6-13;/h2-11H,1H3,(H2,20,21);1H. The van der Waals surface area contributed by atoms with Gasteiger partial charge in [-0.1, -0.05) is 23.7 Å². The molecule has 0 saturated carbocycles. The summed E-state index contributed by atoms with van der Waals surface area (Å²) in [6, 6.07) is 19.0. The maximum Gasteiger partial charge on any atom is 0.169 e. The van der Waals surface area contributed by atoms with Crippen molar-refractivity contribution in [2.24, 2.45) is 10.7 Å². The molecule has 3 aromatic rings. The number of furan rings is 1. The van der Waals surface area contributed by atoms with E-state index in [9.17, 15) is 0 Å². The molecule has 0 amide bonds. The molecule has 23 heavy (non-hydrogen) atoms. The Morgan fingerprint density at radius 1 is 1.04 bits per heavy atom. The number of aryl methyl sites for hydroxylation is 1. The molecule has 3 rings (SSSR count). The van der Waals surface area contributed by atoms with Crippen LogP contribution in [-0.4, -0.2) is 5.84 Å². The van der Waals surface area contributed by atoms with Crippen molar-refractivity contribution < 1.29 is 4.42 Å². The minimum atomic E-state index is 0. The average molecular weight is 347 g/mol. The summed E-state index contributed by atoms with van der Waals surface area (Å²) in [5.41, 5.74) is 8.91. The predicted molar refractivity (Wildman–Crippen MR) is 98.0 cm³/mol. The largest absolute Gasteiger partial charge is 0.453 e. The van der Waals surface area contributed by atoms with Crippen molar-refractivity contribution in [3.63, 3.8) is 0 Å². The van der Waals surface area contributed by atoms with Crippen molar-refractivity contribution in [3.8, 4) is 11.3 Å². The third kappa shape index (κ3) is 4.15. The zero-order valence-electron chi connectivity index (χ0n) is 12.5. The summed E-state index contributed by atoms with van der Waals surface area (Å²) < 4.78 is 5.77. The molecule has 0 radical (unpaired) electrons. The highest BCUT2D eigenvalue weighted by atomic mass is 35.5. The van der Waals surface area contributed by atoms with Gasteiger partial charge in [0.05, 0.1) is 5.69 Å². The fourth-order valence-corrected chi connectivity index (χ4v) is 2.26. The van der Waals surface area contributed by atoms with Gasteiger partial charge in [0.25, 0.3) is 0 Å². The number of hydrogen-bond acceptors (Lipinski definition) is 2. The molecule has 0 aliphatic heterocycles. The smallest absolute Gasteiger partial charge is 0.169 e. The fraction of sp³-hybridized carbons (Fsp3) is 0.0556. The van der Waals surface area contributed by atoms with Gasteiger partial charge < -0.3 is 10.2 Å². The first-order valence-corrected chi connectivity index (χ1v) is 7.26. The number of aliphatic imine (C=N–C) groups is 1. The number of nitrogens with two attached hydrogens (primary N) is 1. The summed E-state index contributed by atoms with van der Waals surface area (Å²) in [7, 11) is 0. The Balaban J connectivity index is 0.00000192. The Morgan fingerprint density at radius 3 is 2.48 bits per heavy atom. The van der Waals surface area contributed by atoms with Crippen LogP contribution in [0.2, 0.25) is 5.02 Å². The Labute approximate surface area is 146 Å². The van der Waals surface area contributed by atoms with Gasteiger partial charge in [-0.05, 0) is 61.0 Å². The molecule has 0 fully saturated rings. The van der Waals surface area contributed by atoms with Crippen LogP contribution in [0.1, 0.15) is 11.3 Å². The lowest BCUT2D eigenvalue weighted by Gasteiger charge is -2.00. The van der Waals surface area contributed by atoms with E-state index < -0.39 is 0 Å². The third-order valence-corrected chi connectivity index (χ3v) is 3.49. The molecule has 1 aromatic heterocycles. The number of halogens is 2. The lowest BCUT2D eigenvalue weighted by Crippen LogP contribution is -2.11. The van der Waals surface area contributed by atoms with Gasteiger partial charge in [0.1, 0.15) is 5.76 Å². The van der Waals surface area contributed by atoms with Crippen LogP contribution in [0.5, 0.6) is 0 Å². The Bertz CT molecular complexity index is 823. The highest BCUT2D eigenvalue weighted by Gasteiger charge is 2.08. The molecule has 0 unspecified atom stereocenters. The van der Waals surface area contributed by atoms with Crippen LogP contribution in [0.15, 0.2) is 70.1 Å². The molecule has 0 saturated heterocycles. The molecule has 5 heteroatoms. The average Bonchev–Trinajstić information content (AvgIpc) is 2.98. The van der Waals surface area contributed by atoms with E-state index >= 15 is 0 Å². The molecule has 3 nitrogen and oxygen atoms in total. The van der Waals surface area contributed by atoms with Gasteiger partial charge in [-0.15, -0.1) is 12.4 Å². The monoisotopic (exact) mass is 346 g/mol. The van der Waals surface area contributed by atoms with Crippen molar-refractivity contribution in [3.05, 3.63) is 77.0 Å². The molecule has 2 N–H and O–H groups in total. The van der Waals surface area contributed by atoms with Crippen molar-refractivity contribution in [2.75, 3.05) is 0 Å². The number of nitrogens with zero attached hydrogens (tertiary/aromatic N) is 1. The summed E-state index contributed by atoms with van der Waals surface area (Å²) in [6.45, 7) is 2.01. The van der Waals surface area contributed by atoms with Gasteiger partial charge in [-0.25, -0.2) is 4.99 Å². The quantitative estimate of drug-likeness (QED) is 0.512. The first-order valence-electron chi connectivity index (χ1n) is 6.89. The lowest BCUT2D eigenvalue weighted by atomic mass is 10.2. The van der Waals surface area contributed by atoms with Crippen LogP contribution < -0.4 is 5.73 Å². The summed E-state index contributed by atoms with van der Waals surface area (Å²) >= 11 is 5.89. The first kappa shape index (κ1) is 17.1. The molecule has 0 atom stereocenters. The maximum absolute atomic E-state index is 6.03. The van der Waals surface area contributed by atoms with E-state index in [1.54, 1.807) is 0 Å². The van der Waals surface area contributed by atoms with Gasteiger partial charge in [0.15, 0.2) is 11.6 Å². The minimum absolute atomic E-state index is 0. The summed E-state index contributed by atoms with van der Waals surface area (Å²) in [6.07, 6.45) is 0. The van der Waals surface area contributed by atoms with Gasteiger partial charge in [-0.2, -0.15) is 0 Å². The third-order valence-electron chi connectivity index (χ3n) is 3.24. The first-order chi connectivity index (χ1) is 10.6. The van der Waals surface area contributed by atoms with Crippen LogP contribution in [-0.2, 0) is 0 Å². The van der Waals surface area contributed by atoms with Crippen LogP contribution in [0.4, 0.5) is 5.69 Å². The molecule has 118 valence electrons. The van der Waals surface area contributed by atoms with Crippen molar-refractivity contribution >= 4 is 35.5 Å². The minimum Gasteiger partial charge on any atom is -0.453 e. The SMILES string of the molecule is Cc1cccc(N=C(N)c2ccc(-c3ccc(Cl)cc3)o2)c1.Cl. The number of benzene rings is 2. The van der Waals surface area contributed by atoms with Gasteiger partial charge in [0.2, 0.25) is 0 Å². The van der Waals surface area contributed by atoms with Crippen LogP contribution >= 0.6 is 24.0 Å². The molecule has 0 spiro atoms. The number of rotatable bonds is 3. The van der Waals surface area contributed by atoms with Gasteiger partial charge >= 0.3 is 0 Å². The summed E-state index contributed by atoms with van der Waals surface area (Å²) in [5, 5.41) is 0.691. The van der Waals surface area contributed by atoms with E-state index in [-0.39, 0.29) is 12.4 Å². The van der Waals surface area contributed by atoms with E-state index in [1.165, 1.54) is 0 Å². The van der Waals surface area contributed by atoms with Crippen molar-refractivity contribution in [1.82, 2.24) is 0 Å². The van der Waals surface area contributed by atoms with Gasteiger partial charge in [0, 0.05) is 10.6 Å². The zero-order chi connectivity index (χ0) is 15.5. The number of hydrogen-bond donors (Lipinski definition) is 1. The molecule has 1 heterocycles. The maximum atomic E-state index is 6.03. The van der Waals surface area contributed by atoms with E-state index in [1.807, 2.05) is 67.6 Å². The van der Waals surface area contributed by atoms with Crippen LogP contribution in [0.25, 0.3) is 11.3 Å². The van der Waals surface area contributed by atoms with Crippen molar-refractivity contribution in [1.29, 1.82) is 0 Å². The summed E-state index contributed by atoms with van der Waals surface area (Å²) in [5.74, 6) is 1.63. The topological polar surface area (TPSA) is 51.5 Å². The molecule has 0 bridgehead atoms. The fourth-order valence-electron chi connectivity index (χ4n) is 2.14. The van der Waals surface area contributed by atoms with Gasteiger partial charge in [-0.3, -0.25) is 0 Å². The number of amidine groups is 1. The second-order valence-electron chi connectivity index (χ2n) is 5.01. The van der Waals surface area contributed by atoms with E-state index in [0.29, 0.717) is 16.6 Å². The van der Waals surface area contributed by atoms with Crippen LogP contribution in [0.3, 0.4) is 0 Å². The lowest BCUT2D eigenvalue weighted by molar-refractivity contribution is 0.571. The van der Waals surface area contributed by atoms with E-state index in [2.05, 4.69) is 4.99 Å². The molecule has 0 aliphatic rings. The molecular weight excluding hydrogens is 331 g/mol. The second kappa shape index (κ2) is 7.36. The highest BCUT2D eigenvalue weighted by molar-refractivity contribution is 6.30. The zero-order valence-corrected chi connectivity index (χ0v) is 14.1. The second-order valence-corrected chi connectivity index (χ2v) is 5.44. The van der Waals surface area contributed by atoms with E-state index in [4.69, 9.17) is 21.8 Å². The molecular formula is C18H16Cl2N2O. The predicted octanol–water partition coefficient (Wildman–Crippen LogP) is 5.37.